The topological polar surface area (TPSA) is 61.4 Å². The van der Waals surface area contributed by atoms with Crippen molar-refractivity contribution in [2.24, 2.45) is 0 Å². The minimum absolute atomic E-state index is 0.608. The molecule has 4 heteroatoms. The average molecular weight is 409 g/mol. The minimum atomic E-state index is -1.20. The molecule has 0 amide bonds. The Morgan fingerprint density at radius 2 is 1.19 bits per heavy atom. The zero-order valence-corrected chi connectivity index (χ0v) is 17.5. The van der Waals surface area contributed by atoms with Crippen molar-refractivity contribution in [2.75, 3.05) is 10.6 Å². The van der Waals surface area contributed by atoms with Gasteiger partial charge < -0.3 is 15.7 Å². The summed E-state index contributed by atoms with van der Waals surface area (Å²) in [6, 6.07) is 20.1. The molecule has 0 atom stereocenters. The Bertz CT molecular complexity index is 1010. The molecule has 3 N–H and O–H groups in total. The van der Waals surface area contributed by atoms with Gasteiger partial charge in [-0.15, -0.1) is 24.7 Å². The highest BCUT2D eigenvalue weighted by Gasteiger charge is 2.37. The molecule has 2 rings (SSSR count). The van der Waals surface area contributed by atoms with E-state index in [9.17, 15) is 9.90 Å². The van der Waals surface area contributed by atoms with Crippen LogP contribution >= 0.6 is 0 Å². The molecule has 31 heavy (non-hydrogen) atoms. The second-order valence-corrected chi connectivity index (χ2v) is 6.85. The Balaban J connectivity index is 2.16. The number of terminal acetylenes is 2. The zero-order chi connectivity index (χ0) is 22.5. The molecule has 154 valence electrons. The molecule has 0 aliphatic carbocycles. The molecule has 2 aromatic rings. The van der Waals surface area contributed by atoms with E-state index in [2.05, 4.69) is 46.4 Å². The van der Waals surface area contributed by atoms with Crippen LogP contribution in [0.3, 0.4) is 0 Å². The summed E-state index contributed by atoms with van der Waals surface area (Å²) >= 11 is 0. The van der Waals surface area contributed by atoms with Gasteiger partial charge in [-0.05, 0) is 42.3 Å². The maximum atomic E-state index is 12.2. The van der Waals surface area contributed by atoms with Crippen LogP contribution in [0.25, 0.3) is 0 Å². The van der Waals surface area contributed by atoms with Gasteiger partial charge in [-0.1, -0.05) is 36.1 Å². The molecule has 0 saturated carbocycles. The highest BCUT2D eigenvalue weighted by molar-refractivity contribution is 5.86. The second kappa shape index (κ2) is 11.7. The summed E-state index contributed by atoms with van der Waals surface area (Å²) in [4.78, 5) is 12.2. The van der Waals surface area contributed by atoms with Crippen LogP contribution in [0.2, 0.25) is 0 Å². The summed E-state index contributed by atoms with van der Waals surface area (Å²) in [5.74, 6) is 10.00. The normalized spacial score (nSPS) is 9.65. The van der Waals surface area contributed by atoms with Gasteiger partial charge in [-0.3, -0.25) is 4.79 Å². The SMILES string of the molecule is C#CCCC#CNc1ccc(C(C)(C(=O)O)c2ccc(NC#CCCC#C)cc2)cc1. The number of hydrogen-bond acceptors (Lipinski definition) is 3. The molecule has 0 spiro atoms. The summed E-state index contributed by atoms with van der Waals surface area (Å²) in [6.07, 6.45) is 12.9. The number of carboxylic acid groups (broad SMARTS) is 1. The number of unbranched alkanes of at least 4 members (excludes halogenated alkanes) is 2. The van der Waals surface area contributed by atoms with Crippen LogP contribution in [0.1, 0.15) is 43.7 Å². The number of aliphatic carboxylic acids is 1. The van der Waals surface area contributed by atoms with Crippen LogP contribution in [-0.2, 0) is 10.2 Å². The van der Waals surface area contributed by atoms with Crippen LogP contribution in [-0.4, -0.2) is 11.1 Å². The van der Waals surface area contributed by atoms with Crippen molar-refractivity contribution in [3.63, 3.8) is 0 Å². The first-order chi connectivity index (χ1) is 15.0. The summed E-state index contributed by atoms with van der Waals surface area (Å²) in [6.45, 7) is 1.69. The number of carboxylic acids is 1. The van der Waals surface area contributed by atoms with Gasteiger partial charge in [0.25, 0.3) is 0 Å². The number of rotatable bonds is 7. The Labute approximate surface area is 184 Å². The van der Waals surface area contributed by atoms with Crippen LogP contribution in [0.4, 0.5) is 11.4 Å². The molecule has 0 fully saturated rings. The van der Waals surface area contributed by atoms with Gasteiger partial charge in [0.15, 0.2) is 0 Å². The van der Waals surface area contributed by atoms with Crippen molar-refractivity contribution in [1.29, 1.82) is 0 Å². The molecule has 4 nitrogen and oxygen atoms in total. The van der Waals surface area contributed by atoms with Gasteiger partial charge in [0, 0.05) is 49.1 Å². The van der Waals surface area contributed by atoms with Crippen LogP contribution in [0.5, 0.6) is 0 Å². The van der Waals surface area contributed by atoms with Gasteiger partial charge in [-0.25, -0.2) is 0 Å². The van der Waals surface area contributed by atoms with E-state index in [1.165, 1.54) is 0 Å². The van der Waals surface area contributed by atoms with Crippen LogP contribution < -0.4 is 10.6 Å². The third kappa shape index (κ3) is 6.37. The van der Waals surface area contributed by atoms with E-state index in [-0.39, 0.29) is 0 Å². The Morgan fingerprint density at radius 3 is 1.52 bits per heavy atom. The van der Waals surface area contributed by atoms with Crippen molar-refractivity contribution in [3.05, 3.63) is 59.7 Å². The van der Waals surface area contributed by atoms with E-state index in [4.69, 9.17) is 12.8 Å². The average Bonchev–Trinajstić information content (AvgIpc) is 2.79. The number of anilines is 2. The van der Waals surface area contributed by atoms with Crippen molar-refractivity contribution in [2.45, 2.75) is 38.0 Å². The molecule has 0 bridgehead atoms. The summed E-state index contributed by atoms with van der Waals surface area (Å²) < 4.78 is 0. The second-order valence-electron chi connectivity index (χ2n) is 6.85. The van der Waals surface area contributed by atoms with Gasteiger partial charge in [0.05, 0.1) is 0 Å². The fourth-order valence-corrected chi connectivity index (χ4v) is 2.81. The molecular weight excluding hydrogens is 384 g/mol. The standard InChI is InChI=1S/C27H24N2O2/c1-4-6-8-10-20-28-24-16-12-22(13-17-24)27(3,26(30)31)23-14-18-25(19-15-23)29-21-11-9-7-5-2/h1-2,12-19,28-29H,6-9H2,3H3,(H,30,31). The van der Waals surface area contributed by atoms with Gasteiger partial charge in [-0.2, -0.15) is 0 Å². The summed E-state index contributed by atoms with van der Waals surface area (Å²) in [5.41, 5.74) is 1.70. The highest BCUT2D eigenvalue weighted by Crippen LogP contribution is 2.33. The summed E-state index contributed by atoms with van der Waals surface area (Å²) in [5, 5.41) is 16.0. The molecule has 0 heterocycles. The summed E-state index contributed by atoms with van der Waals surface area (Å²) in [7, 11) is 0. The van der Waals surface area contributed by atoms with E-state index < -0.39 is 11.4 Å². The fourth-order valence-electron chi connectivity index (χ4n) is 2.81. The molecule has 0 radical (unpaired) electrons. The third-order valence-corrected chi connectivity index (χ3v) is 4.73. The Hall–Kier alpha value is -4.25. The third-order valence-electron chi connectivity index (χ3n) is 4.73. The maximum Gasteiger partial charge on any atom is 0.318 e. The van der Waals surface area contributed by atoms with Crippen molar-refractivity contribution >= 4 is 17.3 Å². The Morgan fingerprint density at radius 1 is 0.806 bits per heavy atom. The first-order valence-electron chi connectivity index (χ1n) is 9.81. The number of nitrogens with one attached hydrogen (secondary N) is 2. The molecule has 0 unspecified atom stereocenters. The fraction of sp³-hybridized carbons (Fsp3) is 0.222. The van der Waals surface area contributed by atoms with E-state index in [1.807, 2.05) is 24.3 Å². The Kier molecular flexibility index (Phi) is 8.68. The lowest BCUT2D eigenvalue weighted by Crippen LogP contribution is -2.33. The van der Waals surface area contributed by atoms with Gasteiger partial charge in [0.1, 0.15) is 5.41 Å². The molecule has 0 saturated heterocycles. The lowest BCUT2D eigenvalue weighted by molar-refractivity contribution is -0.141. The van der Waals surface area contributed by atoms with E-state index >= 15 is 0 Å². The van der Waals surface area contributed by atoms with Gasteiger partial charge in [0.2, 0.25) is 0 Å². The van der Waals surface area contributed by atoms with E-state index in [0.29, 0.717) is 36.8 Å². The first-order valence-corrected chi connectivity index (χ1v) is 9.81. The molecular formula is C27H24N2O2. The lowest BCUT2D eigenvalue weighted by atomic mass is 9.76. The maximum absolute atomic E-state index is 12.2. The molecule has 0 aromatic heterocycles. The molecule has 0 aliphatic rings. The van der Waals surface area contributed by atoms with E-state index in [1.54, 1.807) is 31.2 Å². The van der Waals surface area contributed by atoms with Crippen LogP contribution in [0, 0.1) is 48.6 Å². The zero-order valence-electron chi connectivity index (χ0n) is 17.5. The molecule has 2 aromatic carbocycles. The van der Waals surface area contributed by atoms with Crippen molar-refractivity contribution < 1.29 is 9.90 Å². The first kappa shape index (κ1) is 23.0. The number of benzene rings is 2. The highest BCUT2D eigenvalue weighted by atomic mass is 16.4. The quantitative estimate of drug-likeness (QED) is 0.355. The monoisotopic (exact) mass is 408 g/mol. The predicted octanol–water partition coefficient (Wildman–Crippen LogP) is 4.65. The van der Waals surface area contributed by atoms with Crippen molar-refractivity contribution in [1.82, 2.24) is 0 Å². The minimum Gasteiger partial charge on any atom is -0.480 e. The predicted molar refractivity (Wildman–Crippen MR) is 126 cm³/mol. The largest absolute Gasteiger partial charge is 0.480 e. The lowest BCUT2D eigenvalue weighted by Gasteiger charge is -2.26. The van der Waals surface area contributed by atoms with Crippen LogP contribution in [0.15, 0.2) is 48.5 Å². The number of hydrogen-bond donors (Lipinski definition) is 3. The van der Waals surface area contributed by atoms with Crippen molar-refractivity contribution in [3.8, 4) is 48.6 Å². The van der Waals surface area contributed by atoms with E-state index in [0.717, 1.165) is 11.4 Å². The number of carbonyl (C=O) groups is 1. The van der Waals surface area contributed by atoms with Gasteiger partial charge >= 0.3 is 5.97 Å². The molecule has 0 aliphatic heterocycles. The smallest absolute Gasteiger partial charge is 0.318 e.